The summed E-state index contributed by atoms with van der Waals surface area (Å²) in [6.07, 6.45) is -0.950. The van der Waals surface area contributed by atoms with Gasteiger partial charge in [-0.15, -0.1) is 11.5 Å². The molecule has 0 saturated carbocycles. The van der Waals surface area contributed by atoms with Crippen LogP contribution in [0.1, 0.15) is 76.9 Å². The van der Waals surface area contributed by atoms with Crippen molar-refractivity contribution < 1.29 is 18.3 Å². The molecular formula is C27H33BrF3NOSi. The Morgan fingerprint density at radius 2 is 1.62 bits per heavy atom. The first-order valence-electron chi connectivity index (χ1n) is 11.8. The van der Waals surface area contributed by atoms with Crippen molar-refractivity contribution in [3.05, 3.63) is 68.9 Å². The second-order valence-corrected chi connectivity index (χ2v) is 16.6. The molecule has 2 aromatic carbocycles. The van der Waals surface area contributed by atoms with Gasteiger partial charge in [0.2, 0.25) is 0 Å². The van der Waals surface area contributed by atoms with E-state index in [4.69, 9.17) is 0 Å². The van der Waals surface area contributed by atoms with E-state index in [9.17, 15) is 18.3 Å². The summed E-state index contributed by atoms with van der Waals surface area (Å²) in [5, 5.41) is 11.1. The number of benzene rings is 2. The normalized spacial score (nSPS) is 17.3. The van der Waals surface area contributed by atoms with Gasteiger partial charge in [0.15, 0.2) is 0 Å². The van der Waals surface area contributed by atoms with E-state index in [-0.39, 0.29) is 18.5 Å². The van der Waals surface area contributed by atoms with Crippen LogP contribution in [0.15, 0.2) is 34.8 Å². The zero-order chi connectivity index (χ0) is 25.4. The van der Waals surface area contributed by atoms with Gasteiger partial charge in [0.1, 0.15) is 31.8 Å². The van der Waals surface area contributed by atoms with Crippen molar-refractivity contribution in [1.29, 1.82) is 0 Å². The molecule has 1 N–H and O–H groups in total. The number of aliphatic hydroxyl groups excluding tert-OH is 1. The Morgan fingerprint density at radius 1 is 1.00 bits per heavy atom. The predicted octanol–water partition coefficient (Wildman–Crippen LogP) is 8.03. The summed E-state index contributed by atoms with van der Waals surface area (Å²) in [4.78, 5) is 1.61. The summed E-state index contributed by atoms with van der Waals surface area (Å²) in [7, 11) is -2.03. The SMILES string of the molecule is CC(C)[Si](C#CCC(c1cc(F)ccc1F)N1Cc2c(F)cc(Br)cc2C1O)(C(C)C)C(C)C. The van der Waals surface area contributed by atoms with Crippen LogP contribution in [0.3, 0.4) is 0 Å². The van der Waals surface area contributed by atoms with Crippen LogP contribution in [0.4, 0.5) is 13.2 Å². The van der Waals surface area contributed by atoms with Gasteiger partial charge < -0.3 is 5.11 Å². The molecule has 3 rings (SSSR count). The molecule has 0 fully saturated rings. The molecule has 0 bridgehead atoms. The Labute approximate surface area is 210 Å². The lowest BCUT2D eigenvalue weighted by atomic mass is 10.0. The fraction of sp³-hybridized carbons (Fsp3) is 0.481. The molecule has 0 radical (unpaired) electrons. The van der Waals surface area contributed by atoms with Crippen LogP contribution in [-0.2, 0) is 6.54 Å². The Balaban J connectivity index is 2.07. The highest BCUT2D eigenvalue weighted by atomic mass is 79.9. The second-order valence-electron chi connectivity index (χ2n) is 10.1. The van der Waals surface area contributed by atoms with Gasteiger partial charge in [0.25, 0.3) is 0 Å². The molecule has 0 aromatic heterocycles. The molecule has 2 nitrogen and oxygen atoms in total. The average molecular weight is 553 g/mol. The van der Waals surface area contributed by atoms with Gasteiger partial charge in [-0.2, -0.15) is 0 Å². The maximum Gasteiger partial charge on any atom is 0.145 e. The lowest BCUT2D eigenvalue weighted by molar-refractivity contribution is -0.0178. The monoisotopic (exact) mass is 551 g/mol. The fourth-order valence-electron chi connectivity index (χ4n) is 5.66. The smallest absolute Gasteiger partial charge is 0.145 e. The first kappa shape index (κ1) is 27.0. The summed E-state index contributed by atoms with van der Waals surface area (Å²) in [5.41, 5.74) is 5.82. The molecule has 2 atom stereocenters. The van der Waals surface area contributed by atoms with Crippen molar-refractivity contribution in [2.75, 3.05) is 0 Å². The van der Waals surface area contributed by atoms with E-state index in [0.717, 1.165) is 18.2 Å². The number of fused-ring (bicyclic) bond motifs is 1. The lowest BCUT2D eigenvalue weighted by Gasteiger charge is -2.38. The molecule has 34 heavy (non-hydrogen) atoms. The van der Waals surface area contributed by atoms with Crippen LogP contribution in [0, 0.1) is 28.9 Å². The molecular weight excluding hydrogens is 519 g/mol. The number of nitrogens with zero attached hydrogens (tertiary/aromatic N) is 1. The van der Waals surface area contributed by atoms with Crippen molar-refractivity contribution in [3.63, 3.8) is 0 Å². The standard InChI is InChI=1S/C27H33BrF3NOSi/c1-16(2)34(17(3)4,18(5)6)11-7-8-26(22-14-20(29)9-10-24(22)30)32-15-23-21(27(32)33)12-19(28)13-25(23)31/h9-10,12-14,16-18,26-27,33H,8,15H2,1-6H3. The molecule has 1 aliphatic rings. The van der Waals surface area contributed by atoms with Crippen molar-refractivity contribution in [2.45, 2.75) is 83.4 Å². The van der Waals surface area contributed by atoms with E-state index in [0.29, 0.717) is 32.2 Å². The van der Waals surface area contributed by atoms with Crippen molar-refractivity contribution >= 4 is 24.0 Å². The van der Waals surface area contributed by atoms with Gasteiger partial charge in [-0.3, -0.25) is 4.90 Å². The summed E-state index contributed by atoms with van der Waals surface area (Å²) >= 11 is 3.27. The van der Waals surface area contributed by atoms with Crippen LogP contribution in [-0.4, -0.2) is 18.1 Å². The van der Waals surface area contributed by atoms with E-state index in [1.54, 1.807) is 11.0 Å². The lowest BCUT2D eigenvalue weighted by Crippen LogP contribution is -2.43. The Hall–Kier alpha value is -1.59. The molecule has 0 aliphatic carbocycles. The molecule has 2 aromatic rings. The minimum atomic E-state index is -2.03. The second kappa shape index (κ2) is 10.6. The fourth-order valence-corrected chi connectivity index (χ4v) is 11.4. The molecule has 0 amide bonds. The van der Waals surface area contributed by atoms with Crippen LogP contribution >= 0.6 is 15.9 Å². The first-order valence-corrected chi connectivity index (χ1v) is 14.8. The maximum atomic E-state index is 14.9. The minimum Gasteiger partial charge on any atom is -0.374 e. The maximum absolute atomic E-state index is 14.9. The van der Waals surface area contributed by atoms with Gasteiger partial charge in [-0.05, 0) is 47.0 Å². The quantitative estimate of drug-likeness (QED) is 0.290. The average Bonchev–Trinajstić information content (AvgIpc) is 3.06. The van der Waals surface area contributed by atoms with E-state index in [1.165, 1.54) is 6.07 Å². The Kier molecular flexibility index (Phi) is 8.40. The molecule has 7 heteroatoms. The van der Waals surface area contributed by atoms with Crippen LogP contribution in [0.2, 0.25) is 16.6 Å². The van der Waals surface area contributed by atoms with Gasteiger partial charge in [-0.1, -0.05) is 57.5 Å². The Morgan fingerprint density at radius 3 is 2.21 bits per heavy atom. The van der Waals surface area contributed by atoms with Crippen LogP contribution in [0.25, 0.3) is 0 Å². The van der Waals surface area contributed by atoms with E-state index in [2.05, 4.69) is 68.9 Å². The molecule has 1 heterocycles. The van der Waals surface area contributed by atoms with Crippen LogP contribution in [0.5, 0.6) is 0 Å². The number of halogens is 4. The van der Waals surface area contributed by atoms with Gasteiger partial charge in [0.05, 0.1) is 6.04 Å². The number of aliphatic hydroxyl groups is 1. The predicted molar refractivity (Wildman–Crippen MR) is 137 cm³/mol. The zero-order valence-electron chi connectivity index (χ0n) is 20.6. The highest BCUT2D eigenvalue weighted by molar-refractivity contribution is 9.10. The van der Waals surface area contributed by atoms with E-state index < -0.39 is 37.8 Å². The van der Waals surface area contributed by atoms with Crippen molar-refractivity contribution in [1.82, 2.24) is 4.90 Å². The Bertz CT molecular complexity index is 1090. The highest BCUT2D eigenvalue weighted by Crippen LogP contribution is 2.43. The first-order chi connectivity index (χ1) is 15.9. The van der Waals surface area contributed by atoms with Crippen molar-refractivity contribution in [3.8, 4) is 11.5 Å². The highest BCUT2D eigenvalue weighted by Gasteiger charge is 2.42. The number of hydrogen-bond donors (Lipinski definition) is 1. The third-order valence-electron chi connectivity index (χ3n) is 7.31. The van der Waals surface area contributed by atoms with E-state index in [1.807, 2.05) is 0 Å². The summed E-state index contributed by atoms with van der Waals surface area (Å²) in [6, 6.07) is 5.60. The summed E-state index contributed by atoms with van der Waals surface area (Å²) in [6.45, 7) is 13.4. The zero-order valence-corrected chi connectivity index (χ0v) is 23.2. The molecule has 184 valence electrons. The summed E-state index contributed by atoms with van der Waals surface area (Å²) < 4.78 is 44.3. The largest absolute Gasteiger partial charge is 0.374 e. The van der Waals surface area contributed by atoms with Gasteiger partial charge in [0, 0.05) is 34.1 Å². The molecule has 1 aliphatic heterocycles. The number of hydrogen-bond acceptors (Lipinski definition) is 2. The topological polar surface area (TPSA) is 23.5 Å². The third kappa shape index (κ3) is 5.02. The molecule has 0 spiro atoms. The van der Waals surface area contributed by atoms with Gasteiger partial charge >= 0.3 is 0 Å². The summed E-state index contributed by atoms with van der Waals surface area (Å²) in [5.74, 6) is 1.75. The van der Waals surface area contributed by atoms with Gasteiger partial charge in [-0.25, -0.2) is 13.2 Å². The molecule has 0 saturated heterocycles. The third-order valence-corrected chi connectivity index (χ3v) is 14.1. The number of rotatable bonds is 6. The molecule has 2 unspecified atom stereocenters. The van der Waals surface area contributed by atoms with Crippen molar-refractivity contribution in [2.24, 2.45) is 0 Å². The minimum absolute atomic E-state index is 0.0824. The van der Waals surface area contributed by atoms with E-state index >= 15 is 0 Å². The van der Waals surface area contributed by atoms with Crippen LogP contribution < -0.4 is 0 Å².